The molecule has 1 saturated carbocycles. The molecule has 0 aromatic heterocycles. The predicted molar refractivity (Wildman–Crippen MR) is 92.0 cm³/mol. The van der Waals surface area contributed by atoms with E-state index in [9.17, 15) is 19.5 Å². The van der Waals surface area contributed by atoms with Gasteiger partial charge in [0.2, 0.25) is 5.91 Å². The number of likely N-dealkylation sites (tertiary alicyclic amines) is 1. The number of nitrogens with one attached hydrogen (secondary N) is 1. The zero-order chi connectivity index (χ0) is 19.0. The Morgan fingerprint density at radius 2 is 2.04 bits per heavy atom. The minimum Gasteiger partial charge on any atom is -0.465 e. The van der Waals surface area contributed by atoms with Crippen LogP contribution in [0.3, 0.4) is 0 Å². The van der Waals surface area contributed by atoms with Crippen LogP contribution in [-0.2, 0) is 14.3 Å². The number of nitrogens with zero attached hydrogens (tertiary/aromatic N) is 1. The second kappa shape index (κ2) is 6.35. The largest absolute Gasteiger partial charge is 0.465 e. The van der Waals surface area contributed by atoms with Crippen LogP contribution < -0.4 is 5.32 Å². The molecule has 2 N–H and O–H groups in total. The summed E-state index contributed by atoms with van der Waals surface area (Å²) in [6.45, 7) is 11.5. The molecule has 2 fully saturated rings. The van der Waals surface area contributed by atoms with Crippen LogP contribution in [0, 0.1) is 11.3 Å². The molecule has 7 heteroatoms. The molecule has 25 heavy (non-hydrogen) atoms. The zero-order valence-corrected chi connectivity index (χ0v) is 15.4. The third-order valence-electron chi connectivity index (χ3n) is 5.50. The van der Waals surface area contributed by atoms with E-state index in [2.05, 4.69) is 11.9 Å². The maximum Gasteiger partial charge on any atom is 0.408 e. The van der Waals surface area contributed by atoms with E-state index in [0.29, 0.717) is 25.8 Å². The summed E-state index contributed by atoms with van der Waals surface area (Å²) in [5, 5.41) is 12.4. The van der Waals surface area contributed by atoms with Gasteiger partial charge in [0, 0.05) is 12.5 Å². The highest BCUT2D eigenvalue weighted by atomic mass is 16.5. The van der Waals surface area contributed by atoms with Gasteiger partial charge in [-0.2, -0.15) is 0 Å². The second-order valence-corrected chi connectivity index (χ2v) is 7.84. The van der Waals surface area contributed by atoms with Crippen LogP contribution in [0.4, 0.5) is 4.79 Å². The van der Waals surface area contributed by atoms with Crippen LogP contribution in [0.15, 0.2) is 12.7 Å². The lowest BCUT2D eigenvalue weighted by Gasteiger charge is -2.46. The summed E-state index contributed by atoms with van der Waals surface area (Å²) in [5.74, 6) is -1.12. The lowest BCUT2D eigenvalue weighted by atomic mass is 9.71. The number of hydrogen-bond acceptors (Lipinski definition) is 4. The molecule has 7 nitrogen and oxygen atoms in total. The van der Waals surface area contributed by atoms with E-state index in [-0.39, 0.29) is 12.5 Å². The minimum absolute atomic E-state index is 0.202. The molecule has 0 aromatic carbocycles. The number of hydrogen-bond donors (Lipinski definition) is 2. The van der Waals surface area contributed by atoms with Gasteiger partial charge in [0.1, 0.15) is 11.1 Å². The van der Waals surface area contributed by atoms with Crippen molar-refractivity contribution in [1.82, 2.24) is 10.2 Å². The molecule has 1 aliphatic heterocycles. The Morgan fingerprint density at radius 1 is 1.40 bits per heavy atom. The van der Waals surface area contributed by atoms with Gasteiger partial charge in [-0.3, -0.25) is 9.69 Å². The second-order valence-electron chi connectivity index (χ2n) is 7.84. The van der Waals surface area contributed by atoms with Crippen LogP contribution in [0.25, 0.3) is 0 Å². The van der Waals surface area contributed by atoms with Crippen molar-refractivity contribution < 1.29 is 24.2 Å². The Morgan fingerprint density at radius 3 is 2.48 bits per heavy atom. The van der Waals surface area contributed by atoms with E-state index in [1.54, 1.807) is 13.0 Å². The molecule has 0 aromatic rings. The number of rotatable bonds is 5. The average molecular weight is 352 g/mol. The van der Waals surface area contributed by atoms with Gasteiger partial charge in [0.15, 0.2) is 0 Å². The van der Waals surface area contributed by atoms with Gasteiger partial charge in [0.25, 0.3) is 0 Å². The normalized spacial score (nSPS) is 31.4. The third kappa shape index (κ3) is 2.89. The Labute approximate surface area is 148 Å². The molecule has 3 atom stereocenters. The van der Waals surface area contributed by atoms with E-state index in [1.807, 2.05) is 20.8 Å². The third-order valence-corrected chi connectivity index (χ3v) is 5.50. The summed E-state index contributed by atoms with van der Waals surface area (Å²) in [7, 11) is 0. The van der Waals surface area contributed by atoms with Gasteiger partial charge in [-0.25, -0.2) is 9.59 Å². The van der Waals surface area contributed by atoms with Gasteiger partial charge < -0.3 is 15.2 Å². The van der Waals surface area contributed by atoms with Crippen molar-refractivity contribution in [3.63, 3.8) is 0 Å². The predicted octanol–water partition coefficient (Wildman–Crippen LogP) is 2.17. The molecule has 0 spiro atoms. The van der Waals surface area contributed by atoms with Crippen molar-refractivity contribution in [2.75, 3.05) is 13.2 Å². The maximum atomic E-state index is 13.3. The quantitative estimate of drug-likeness (QED) is 0.584. The Kier molecular flexibility index (Phi) is 4.90. The molecule has 2 rings (SSSR count). The summed E-state index contributed by atoms with van der Waals surface area (Å²) < 4.78 is 5.13. The van der Waals surface area contributed by atoms with Crippen molar-refractivity contribution in [2.45, 2.75) is 58.0 Å². The van der Waals surface area contributed by atoms with Crippen molar-refractivity contribution in [3.8, 4) is 0 Å². The fourth-order valence-electron chi connectivity index (χ4n) is 4.00. The number of amides is 2. The van der Waals surface area contributed by atoms with E-state index in [1.165, 1.54) is 4.90 Å². The van der Waals surface area contributed by atoms with Crippen molar-refractivity contribution in [2.24, 2.45) is 11.3 Å². The lowest BCUT2D eigenvalue weighted by Crippen LogP contribution is -2.66. The topological polar surface area (TPSA) is 95.9 Å². The lowest BCUT2D eigenvalue weighted by molar-refractivity contribution is -0.152. The van der Waals surface area contributed by atoms with Crippen LogP contribution in [0.1, 0.15) is 47.0 Å². The molecule has 0 radical (unpaired) electrons. The van der Waals surface area contributed by atoms with Gasteiger partial charge >= 0.3 is 12.1 Å². The van der Waals surface area contributed by atoms with Gasteiger partial charge in [0.05, 0.1) is 6.61 Å². The molecule has 1 unspecified atom stereocenters. The Bertz CT molecular complexity index is 597. The molecule has 140 valence electrons. The number of ether oxygens (including phenoxy) is 1. The summed E-state index contributed by atoms with van der Waals surface area (Å²) >= 11 is 0. The molecule has 2 amide bonds. The first-order valence-electron chi connectivity index (χ1n) is 8.69. The molecule has 1 saturated heterocycles. The van der Waals surface area contributed by atoms with E-state index in [4.69, 9.17) is 4.74 Å². The summed E-state index contributed by atoms with van der Waals surface area (Å²) in [4.78, 5) is 38.7. The van der Waals surface area contributed by atoms with Gasteiger partial charge in [-0.1, -0.05) is 26.8 Å². The van der Waals surface area contributed by atoms with Crippen molar-refractivity contribution in [1.29, 1.82) is 0 Å². The molecule has 0 bridgehead atoms. The molecular weight excluding hydrogens is 324 g/mol. The number of carboxylic acid groups (broad SMARTS) is 1. The summed E-state index contributed by atoms with van der Waals surface area (Å²) in [5.41, 5.74) is -2.97. The minimum atomic E-state index is -1.22. The maximum absolute atomic E-state index is 13.3. The highest BCUT2D eigenvalue weighted by molar-refractivity contribution is 5.97. The first kappa shape index (κ1) is 19.3. The smallest absolute Gasteiger partial charge is 0.408 e. The fourth-order valence-corrected chi connectivity index (χ4v) is 4.00. The summed E-state index contributed by atoms with van der Waals surface area (Å²) in [6, 6.07) is 0. The van der Waals surface area contributed by atoms with E-state index < -0.39 is 34.5 Å². The van der Waals surface area contributed by atoms with E-state index >= 15 is 0 Å². The molecule has 1 heterocycles. The first-order valence-corrected chi connectivity index (χ1v) is 8.69. The monoisotopic (exact) mass is 352 g/mol. The van der Waals surface area contributed by atoms with Crippen molar-refractivity contribution >= 4 is 18.0 Å². The summed E-state index contributed by atoms with van der Waals surface area (Å²) in [6.07, 6.45) is 1.96. The van der Waals surface area contributed by atoms with Crippen LogP contribution >= 0.6 is 0 Å². The SMILES string of the molecule is C=C[C@@H]1C[C@]1(NC(=O)C1(C(C)(C)C)CCCN1C(=O)O)C(=O)OCC. The number of carbonyl (C=O) groups excluding carboxylic acids is 2. The zero-order valence-electron chi connectivity index (χ0n) is 15.4. The van der Waals surface area contributed by atoms with Crippen LogP contribution in [0.2, 0.25) is 0 Å². The fraction of sp³-hybridized carbons (Fsp3) is 0.722. The standard InChI is InChI=1S/C18H28N2O5/c1-6-12-11-17(12,14(22)25-7-2)19-13(21)18(16(3,4)5)9-8-10-20(18)15(23)24/h6,12H,1,7-11H2,2-5H3,(H,19,21)(H,23,24)/t12-,17-,18?/m1/s1. The Balaban J connectivity index is 2.37. The highest BCUT2D eigenvalue weighted by Gasteiger charge is 2.65. The molecular formula is C18H28N2O5. The highest BCUT2D eigenvalue weighted by Crippen LogP contribution is 2.49. The average Bonchev–Trinajstić information content (AvgIpc) is 3.02. The molecule has 1 aliphatic carbocycles. The molecule has 2 aliphatic rings. The number of carbonyl (C=O) groups is 3. The van der Waals surface area contributed by atoms with E-state index in [0.717, 1.165) is 0 Å². The van der Waals surface area contributed by atoms with Crippen molar-refractivity contribution in [3.05, 3.63) is 12.7 Å². The van der Waals surface area contributed by atoms with Crippen LogP contribution in [-0.4, -0.2) is 52.2 Å². The van der Waals surface area contributed by atoms with Crippen LogP contribution in [0.5, 0.6) is 0 Å². The first-order chi connectivity index (χ1) is 11.6. The Hall–Kier alpha value is -2.05. The number of esters is 1. The van der Waals surface area contributed by atoms with Gasteiger partial charge in [-0.15, -0.1) is 6.58 Å². The van der Waals surface area contributed by atoms with Gasteiger partial charge in [-0.05, 0) is 31.6 Å².